The summed E-state index contributed by atoms with van der Waals surface area (Å²) in [6, 6.07) is 0. The number of nitrogens with zero attached hydrogens (tertiary/aromatic N) is 3. The van der Waals surface area contributed by atoms with Gasteiger partial charge in [-0.15, -0.1) is 0 Å². The number of aliphatic imine (C=N–C) groups is 1. The van der Waals surface area contributed by atoms with E-state index < -0.39 is 23.1 Å². The first-order chi connectivity index (χ1) is 11.4. The molecule has 1 atom stereocenters. The first kappa shape index (κ1) is 19.3. The second-order valence-electron chi connectivity index (χ2n) is 6.50. The number of alkyl halides is 3. The predicted octanol–water partition coefficient (Wildman–Crippen LogP) is 1.31. The minimum Gasteiger partial charge on any atom is -0.382 e. The normalized spacial score (nSPS) is 21.5. The molecule has 0 aromatic carbocycles. The number of allylic oxidation sites excluding steroid dienone is 1. The van der Waals surface area contributed by atoms with Crippen LogP contribution in [0.3, 0.4) is 0 Å². The quantitative estimate of drug-likeness (QED) is 0.737. The summed E-state index contributed by atoms with van der Waals surface area (Å²) in [7, 11) is 2.96. The average molecular weight is 360 g/mol. The number of hydrogen-bond acceptors (Lipinski definition) is 6. The molecule has 1 aromatic heterocycles. The Labute approximate surface area is 144 Å². The monoisotopic (exact) mass is 360 g/mol. The molecular formula is C15H23F3N6O. The van der Waals surface area contributed by atoms with Crippen molar-refractivity contribution in [3.8, 4) is 0 Å². The average Bonchev–Trinajstić information content (AvgIpc) is 2.89. The van der Waals surface area contributed by atoms with E-state index >= 15 is 0 Å². The Balaban J connectivity index is 2.42. The van der Waals surface area contributed by atoms with Gasteiger partial charge >= 0.3 is 6.18 Å². The zero-order valence-electron chi connectivity index (χ0n) is 14.8. The van der Waals surface area contributed by atoms with Crippen LogP contribution in [0.2, 0.25) is 0 Å². The summed E-state index contributed by atoms with van der Waals surface area (Å²) in [4.78, 5) is 3.92. The molecule has 0 fully saturated rings. The lowest BCUT2D eigenvalue weighted by molar-refractivity contribution is -0.0875. The van der Waals surface area contributed by atoms with Crippen LogP contribution < -0.4 is 16.4 Å². The van der Waals surface area contributed by atoms with E-state index in [-0.39, 0.29) is 5.82 Å². The van der Waals surface area contributed by atoms with Crippen LogP contribution in [0.4, 0.5) is 13.2 Å². The van der Waals surface area contributed by atoms with Gasteiger partial charge in [0, 0.05) is 26.6 Å². The van der Waals surface area contributed by atoms with Crippen molar-refractivity contribution in [3.05, 3.63) is 28.8 Å². The molecule has 25 heavy (non-hydrogen) atoms. The highest BCUT2D eigenvalue weighted by molar-refractivity contribution is 5.82. The molecule has 0 radical (unpaired) electrons. The molecule has 10 heteroatoms. The topological polar surface area (TPSA) is 89.5 Å². The van der Waals surface area contributed by atoms with E-state index in [1.165, 1.54) is 7.05 Å². The molecule has 0 bridgehead atoms. The Bertz CT molecular complexity index is 707. The summed E-state index contributed by atoms with van der Waals surface area (Å²) >= 11 is 0. The van der Waals surface area contributed by atoms with Crippen LogP contribution in [0.15, 0.2) is 22.6 Å². The lowest BCUT2D eigenvalue weighted by atomic mass is 10.1. The van der Waals surface area contributed by atoms with E-state index in [4.69, 9.17) is 10.5 Å². The van der Waals surface area contributed by atoms with Crippen LogP contribution in [-0.4, -0.2) is 42.9 Å². The maximum Gasteiger partial charge on any atom is 0.421 e. The molecule has 140 valence electrons. The van der Waals surface area contributed by atoms with Crippen molar-refractivity contribution in [1.82, 2.24) is 20.4 Å². The number of aryl methyl sites for hydroxylation is 1. The molecule has 1 aromatic rings. The second kappa shape index (κ2) is 6.34. The van der Waals surface area contributed by atoms with Gasteiger partial charge in [0.2, 0.25) is 5.79 Å². The van der Waals surface area contributed by atoms with Crippen molar-refractivity contribution in [2.24, 2.45) is 10.7 Å². The van der Waals surface area contributed by atoms with Crippen LogP contribution >= 0.6 is 0 Å². The molecule has 0 spiro atoms. The lowest BCUT2D eigenvalue weighted by Crippen LogP contribution is -2.54. The Kier molecular flexibility index (Phi) is 4.88. The lowest BCUT2D eigenvalue weighted by Gasteiger charge is -2.33. The molecule has 0 aliphatic carbocycles. The van der Waals surface area contributed by atoms with Crippen LogP contribution in [0.5, 0.6) is 0 Å². The summed E-state index contributed by atoms with van der Waals surface area (Å²) < 4.78 is 46.0. The number of ether oxygens (including phenoxy) is 1. The predicted molar refractivity (Wildman–Crippen MR) is 87.8 cm³/mol. The molecule has 0 saturated heterocycles. The Hall–Kier alpha value is -2.07. The van der Waals surface area contributed by atoms with E-state index in [0.717, 1.165) is 6.21 Å². The van der Waals surface area contributed by atoms with Crippen molar-refractivity contribution in [2.75, 3.05) is 20.8 Å². The third kappa shape index (κ3) is 3.64. The highest BCUT2D eigenvalue weighted by atomic mass is 19.4. The first-order valence-corrected chi connectivity index (χ1v) is 7.62. The molecule has 1 aliphatic rings. The fourth-order valence-electron chi connectivity index (χ4n) is 2.63. The molecular weight excluding hydrogens is 337 g/mol. The van der Waals surface area contributed by atoms with Crippen molar-refractivity contribution >= 4 is 6.21 Å². The molecule has 1 aliphatic heterocycles. The highest BCUT2D eigenvalue weighted by Crippen LogP contribution is 2.32. The van der Waals surface area contributed by atoms with Gasteiger partial charge in [-0.05, 0) is 20.8 Å². The van der Waals surface area contributed by atoms with Crippen molar-refractivity contribution in [2.45, 2.75) is 38.3 Å². The van der Waals surface area contributed by atoms with Gasteiger partial charge in [-0.2, -0.15) is 18.3 Å². The fraction of sp³-hybridized carbons (Fsp3) is 0.600. The Morgan fingerprint density at radius 1 is 1.40 bits per heavy atom. The first-order valence-electron chi connectivity index (χ1n) is 7.62. The number of aromatic nitrogens is 2. The number of nitrogens with two attached hydrogens (primary N) is 1. The molecule has 0 saturated carbocycles. The van der Waals surface area contributed by atoms with Crippen LogP contribution in [-0.2, 0) is 16.1 Å². The number of methoxy groups -OCH3 is 1. The van der Waals surface area contributed by atoms with Gasteiger partial charge in [-0.1, -0.05) is 0 Å². The van der Waals surface area contributed by atoms with E-state index in [0.29, 0.717) is 17.9 Å². The van der Waals surface area contributed by atoms with Crippen LogP contribution in [0.25, 0.3) is 0 Å². The molecule has 2 rings (SSSR count). The number of halogens is 3. The van der Waals surface area contributed by atoms with Crippen molar-refractivity contribution in [1.29, 1.82) is 0 Å². The highest BCUT2D eigenvalue weighted by Gasteiger charge is 2.42. The summed E-state index contributed by atoms with van der Waals surface area (Å²) in [5.41, 5.74) is 5.91. The van der Waals surface area contributed by atoms with Crippen molar-refractivity contribution in [3.63, 3.8) is 0 Å². The summed E-state index contributed by atoms with van der Waals surface area (Å²) in [5, 5.41) is 9.55. The molecule has 1 unspecified atom stereocenters. The van der Waals surface area contributed by atoms with E-state index in [9.17, 15) is 13.2 Å². The minimum atomic E-state index is -4.55. The van der Waals surface area contributed by atoms with E-state index in [1.807, 2.05) is 13.8 Å². The number of rotatable bonds is 5. The summed E-state index contributed by atoms with van der Waals surface area (Å²) in [6.07, 6.45) is -2.14. The van der Waals surface area contributed by atoms with Crippen LogP contribution in [0.1, 0.15) is 25.1 Å². The number of nitrogens with one attached hydrogen (secondary N) is 2. The molecule has 2 heterocycles. The Morgan fingerprint density at radius 2 is 2.04 bits per heavy atom. The zero-order valence-corrected chi connectivity index (χ0v) is 14.8. The SMILES string of the molecule is CNC1=C(C(F)(F)F)C=NC(N)(c2cn(C(C)(C)COC)nc2C)N1. The molecule has 0 amide bonds. The van der Waals surface area contributed by atoms with Gasteiger partial charge in [-0.3, -0.25) is 10.4 Å². The maximum absolute atomic E-state index is 13.1. The smallest absolute Gasteiger partial charge is 0.382 e. The van der Waals surface area contributed by atoms with Gasteiger partial charge in [0.25, 0.3) is 0 Å². The summed E-state index contributed by atoms with van der Waals surface area (Å²) in [6.45, 7) is 5.98. The van der Waals surface area contributed by atoms with Crippen LogP contribution in [0, 0.1) is 6.92 Å². The standard InChI is InChI=1S/C15H23F3N6O/c1-9-11(7-24(23-9)13(2,3)8-25-5)15(19)21-6-10(14(16,17)18)12(20-4)22-15/h6-7,20,22H,8,19H2,1-5H3. The Morgan fingerprint density at radius 3 is 2.56 bits per heavy atom. The fourth-order valence-corrected chi connectivity index (χ4v) is 2.63. The summed E-state index contributed by atoms with van der Waals surface area (Å²) in [5.74, 6) is -1.80. The zero-order chi connectivity index (χ0) is 19.0. The third-order valence-corrected chi connectivity index (χ3v) is 3.96. The third-order valence-electron chi connectivity index (χ3n) is 3.96. The maximum atomic E-state index is 13.1. The molecule has 7 nitrogen and oxygen atoms in total. The number of hydrogen-bond donors (Lipinski definition) is 3. The van der Waals surface area contributed by atoms with Gasteiger partial charge in [-0.25, -0.2) is 4.99 Å². The second-order valence-corrected chi connectivity index (χ2v) is 6.50. The van der Waals surface area contributed by atoms with E-state index in [2.05, 4.69) is 20.7 Å². The van der Waals surface area contributed by atoms with Gasteiger partial charge in [0.1, 0.15) is 11.4 Å². The van der Waals surface area contributed by atoms with Crippen molar-refractivity contribution < 1.29 is 17.9 Å². The van der Waals surface area contributed by atoms with Gasteiger partial charge in [0.05, 0.1) is 23.4 Å². The van der Waals surface area contributed by atoms with Gasteiger partial charge < -0.3 is 15.4 Å². The molecule has 4 N–H and O–H groups in total. The minimum absolute atomic E-state index is 0.242. The van der Waals surface area contributed by atoms with Gasteiger partial charge in [0.15, 0.2) is 0 Å². The largest absolute Gasteiger partial charge is 0.421 e. The van der Waals surface area contributed by atoms with E-state index in [1.54, 1.807) is 24.9 Å².